The van der Waals surface area contributed by atoms with Crippen LogP contribution >= 0.6 is 11.6 Å². The van der Waals surface area contributed by atoms with E-state index < -0.39 is 5.91 Å². The van der Waals surface area contributed by atoms with Gasteiger partial charge in [0.2, 0.25) is 5.91 Å². The highest BCUT2D eigenvalue weighted by molar-refractivity contribution is 6.30. The van der Waals surface area contributed by atoms with Gasteiger partial charge in [-0.1, -0.05) is 23.7 Å². The van der Waals surface area contributed by atoms with Crippen molar-refractivity contribution < 1.29 is 14.5 Å². The summed E-state index contributed by atoms with van der Waals surface area (Å²) in [6.45, 7) is 2.56. The van der Waals surface area contributed by atoms with Crippen LogP contribution in [0.1, 0.15) is 22.8 Å². The number of anilines is 1. The van der Waals surface area contributed by atoms with E-state index in [1.165, 1.54) is 0 Å². The molecule has 6 heteroatoms. The van der Waals surface area contributed by atoms with Crippen molar-refractivity contribution in [1.29, 1.82) is 0 Å². The number of likely N-dealkylation sites (N-methyl/N-ethyl adjacent to an activating group) is 1. The lowest BCUT2D eigenvalue weighted by atomic mass is 10.1. The molecule has 0 saturated heterocycles. The average molecular weight is 347 g/mol. The Kier molecular flexibility index (Phi) is 5.95. The van der Waals surface area contributed by atoms with Crippen LogP contribution in [0.4, 0.5) is 5.69 Å². The second-order valence-corrected chi connectivity index (χ2v) is 6.24. The molecular formula is C18H21ClN3O2+. The highest BCUT2D eigenvalue weighted by Gasteiger charge is 2.22. The largest absolute Gasteiger partial charge is 0.366 e. The molecule has 1 unspecified atom stereocenters. The fourth-order valence-electron chi connectivity index (χ4n) is 2.31. The normalized spacial score (nSPS) is 13.1. The van der Waals surface area contributed by atoms with E-state index >= 15 is 0 Å². The maximum atomic E-state index is 12.4. The van der Waals surface area contributed by atoms with Crippen molar-refractivity contribution in [2.45, 2.75) is 19.5 Å². The Morgan fingerprint density at radius 3 is 2.46 bits per heavy atom. The van der Waals surface area contributed by atoms with Gasteiger partial charge in [0, 0.05) is 21.8 Å². The standard InChI is InChI=1S/C18H20ClN3O2/c1-12(22(2)11-13-4-3-5-15(19)10-13)18(24)21-16-8-6-14(7-9-16)17(20)23/h3-10,12H,11H2,1-2H3,(H2,20,23)(H,21,24)/p+1/t12-/m0/s1. The van der Waals surface area contributed by atoms with Gasteiger partial charge in [-0.15, -0.1) is 0 Å². The van der Waals surface area contributed by atoms with Gasteiger partial charge in [-0.05, 0) is 43.3 Å². The minimum atomic E-state index is -0.494. The monoisotopic (exact) mass is 346 g/mol. The number of primary amides is 1. The molecule has 2 amide bonds. The van der Waals surface area contributed by atoms with Crippen LogP contribution < -0.4 is 16.0 Å². The van der Waals surface area contributed by atoms with Crippen LogP contribution in [-0.2, 0) is 11.3 Å². The van der Waals surface area contributed by atoms with Crippen LogP contribution in [0.5, 0.6) is 0 Å². The van der Waals surface area contributed by atoms with Gasteiger partial charge in [-0.3, -0.25) is 9.59 Å². The summed E-state index contributed by atoms with van der Waals surface area (Å²) in [5, 5.41) is 3.53. The lowest BCUT2D eigenvalue weighted by Crippen LogP contribution is -3.12. The first kappa shape index (κ1) is 18.0. The van der Waals surface area contributed by atoms with E-state index in [0.717, 1.165) is 10.5 Å². The SMILES string of the molecule is C[C@@H](C(=O)Nc1ccc(C(N)=O)cc1)[NH+](C)Cc1cccc(Cl)c1. The lowest BCUT2D eigenvalue weighted by Gasteiger charge is -2.21. The van der Waals surface area contributed by atoms with Gasteiger partial charge in [-0.2, -0.15) is 0 Å². The summed E-state index contributed by atoms with van der Waals surface area (Å²) in [5.41, 5.74) is 7.31. The van der Waals surface area contributed by atoms with E-state index in [1.807, 2.05) is 38.2 Å². The predicted molar refractivity (Wildman–Crippen MR) is 95.1 cm³/mol. The molecule has 0 spiro atoms. The number of amides is 2. The highest BCUT2D eigenvalue weighted by Crippen LogP contribution is 2.10. The van der Waals surface area contributed by atoms with Crippen molar-refractivity contribution in [2.24, 2.45) is 5.73 Å². The molecule has 126 valence electrons. The molecule has 0 aromatic heterocycles. The van der Waals surface area contributed by atoms with E-state index in [0.29, 0.717) is 22.8 Å². The summed E-state index contributed by atoms with van der Waals surface area (Å²) in [6, 6.07) is 13.9. The van der Waals surface area contributed by atoms with Gasteiger partial charge in [-0.25, -0.2) is 0 Å². The Balaban J connectivity index is 1.96. The molecular weight excluding hydrogens is 326 g/mol. The van der Waals surface area contributed by atoms with Crippen molar-refractivity contribution in [2.75, 3.05) is 12.4 Å². The maximum Gasteiger partial charge on any atom is 0.282 e. The first-order valence-electron chi connectivity index (χ1n) is 7.64. The van der Waals surface area contributed by atoms with E-state index in [9.17, 15) is 9.59 Å². The number of carbonyl (C=O) groups excluding carboxylic acids is 2. The molecule has 2 atom stereocenters. The smallest absolute Gasteiger partial charge is 0.282 e. The number of nitrogens with two attached hydrogens (primary N) is 1. The number of rotatable bonds is 6. The van der Waals surface area contributed by atoms with Crippen molar-refractivity contribution in [3.8, 4) is 0 Å². The summed E-state index contributed by atoms with van der Waals surface area (Å²) in [6.07, 6.45) is 0. The Morgan fingerprint density at radius 1 is 1.21 bits per heavy atom. The van der Waals surface area contributed by atoms with Crippen LogP contribution in [0.25, 0.3) is 0 Å². The summed E-state index contributed by atoms with van der Waals surface area (Å²) < 4.78 is 0. The topological polar surface area (TPSA) is 76.6 Å². The lowest BCUT2D eigenvalue weighted by molar-refractivity contribution is -0.907. The molecule has 0 heterocycles. The maximum absolute atomic E-state index is 12.4. The van der Waals surface area contributed by atoms with Gasteiger partial charge >= 0.3 is 0 Å². The van der Waals surface area contributed by atoms with Crippen molar-refractivity contribution >= 4 is 29.1 Å². The highest BCUT2D eigenvalue weighted by atomic mass is 35.5. The van der Waals surface area contributed by atoms with Crippen molar-refractivity contribution in [3.63, 3.8) is 0 Å². The molecule has 0 aliphatic carbocycles. The third-order valence-corrected chi connectivity index (χ3v) is 4.18. The van der Waals surface area contributed by atoms with Gasteiger partial charge in [0.25, 0.3) is 5.91 Å². The summed E-state index contributed by atoms with van der Waals surface area (Å²) >= 11 is 5.99. The van der Waals surface area contributed by atoms with Gasteiger partial charge in [0.15, 0.2) is 6.04 Å². The number of hydrogen-bond donors (Lipinski definition) is 3. The van der Waals surface area contributed by atoms with E-state index in [-0.39, 0.29) is 11.9 Å². The predicted octanol–water partition coefficient (Wildman–Crippen LogP) is 1.48. The number of carbonyl (C=O) groups is 2. The third-order valence-electron chi connectivity index (χ3n) is 3.94. The number of quaternary nitrogens is 1. The molecule has 24 heavy (non-hydrogen) atoms. The number of benzene rings is 2. The first-order chi connectivity index (χ1) is 11.4. The zero-order valence-electron chi connectivity index (χ0n) is 13.7. The molecule has 2 aromatic carbocycles. The van der Waals surface area contributed by atoms with Crippen LogP contribution in [0.3, 0.4) is 0 Å². The van der Waals surface area contributed by atoms with Crippen LogP contribution in [-0.4, -0.2) is 24.9 Å². The first-order valence-corrected chi connectivity index (χ1v) is 8.02. The van der Waals surface area contributed by atoms with Gasteiger partial charge in [0.05, 0.1) is 7.05 Å². The van der Waals surface area contributed by atoms with E-state index in [2.05, 4.69) is 5.32 Å². The molecule has 0 saturated carbocycles. The van der Waals surface area contributed by atoms with Crippen molar-refractivity contribution in [3.05, 3.63) is 64.7 Å². The molecule has 0 aliphatic rings. The Labute approximate surface area is 146 Å². The van der Waals surface area contributed by atoms with Gasteiger partial charge < -0.3 is 16.0 Å². The summed E-state index contributed by atoms with van der Waals surface area (Å²) in [4.78, 5) is 24.5. The Hall–Kier alpha value is -2.37. The molecule has 2 rings (SSSR count). The number of halogens is 1. The number of nitrogens with one attached hydrogen (secondary N) is 2. The Morgan fingerprint density at radius 2 is 1.88 bits per heavy atom. The molecule has 4 N–H and O–H groups in total. The molecule has 0 radical (unpaired) electrons. The van der Waals surface area contributed by atoms with Crippen LogP contribution in [0, 0.1) is 0 Å². The molecule has 0 fully saturated rings. The molecule has 0 bridgehead atoms. The Bertz CT molecular complexity index is 731. The fourth-order valence-corrected chi connectivity index (χ4v) is 2.53. The fraction of sp³-hybridized carbons (Fsp3) is 0.222. The molecule has 2 aromatic rings. The quantitative estimate of drug-likeness (QED) is 0.741. The second-order valence-electron chi connectivity index (χ2n) is 5.81. The van der Waals surface area contributed by atoms with E-state index in [1.54, 1.807) is 24.3 Å². The summed E-state index contributed by atoms with van der Waals surface area (Å²) in [5.74, 6) is -0.590. The molecule has 0 aliphatic heterocycles. The number of hydrogen-bond acceptors (Lipinski definition) is 2. The van der Waals surface area contributed by atoms with Crippen molar-refractivity contribution in [1.82, 2.24) is 0 Å². The second kappa shape index (κ2) is 7.95. The summed E-state index contributed by atoms with van der Waals surface area (Å²) in [7, 11) is 1.96. The average Bonchev–Trinajstić information content (AvgIpc) is 2.54. The molecule has 5 nitrogen and oxygen atoms in total. The van der Waals surface area contributed by atoms with Gasteiger partial charge in [0.1, 0.15) is 6.54 Å². The van der Waals surface area contributed by atoms with Crippen LogP contribution in [0.15, 0.2) is 48.5 Å². The zero-order valence-corrected chi connectivity index (χ0v) is 14.4. The van der Waals surface area contributed by atoms with E-state index in [4.69, 9.17) is 17.3 Å². The minimum Gasteiger partial charge on any atom is -0.366 e. The minimum absolute atomic E-state index is 0.0960. The zero-order chi connectivity index (χ0) is 17.7. The third kappa shape index (κ3) is 4.81. The van der Waals surface area contributed by atoms with Crippen LogP contribution in [0.2, 0.25) is 5.02 Å².